The van der Waals surface area contributed by atoms with Crippen LogP contribution in [-0.4, -0.2) is 25.6 Å². The highest BCUT2D eigenvalue weighted by atomic mass is 16.8. The van der Waals surface area contributed by atoms with Crippen molar-refractivity contribution in [2.45, 2.75) is 12.2 Å². The maximum Gasteiger partial charge on any atom is 0.202 e. The Kier molecular flexibility index (Phi) is 1.19. The molecule has 9 heavy (non-hydrogen) atoms. The fourth-order valence-corrected chi connectivity index (χ4v) is 1.21. The van der Waals surface area contributed by atoms with E-state index in [4.69, 9.17) is 9.57 Å². The van der Waals surface area contributed by atoms with Gasteiger partial charge in [0.15, 0.2) is 0 Å². The van der Waals surface area contributed by atoms with Gasteiger partial charge in [0.05, 0.1) is 6.54 Å². The molecule has 0 saturated carbocycles. The average Bonchev–Trinajstić information content (AvgIpc) is 2.45. The first-order valence-electron chi connectivity index (χ1n) is 3.17. The largest absolute Gasteiger partial charge is 0.330 e. The zero-order valence-corrected chi connectivity index (χ0v) is 5.14. The Morgan fingerprint density at radius 1 is 1.44 bits per heavy atom. The average molecular weight is 130 g/mol. The van der Waals surface area contributed by atoms with Gasteiger partial charge in [-0.3, -0.25) is 4.84 Å². The van der Waals surface area contributed by atoms with Crippen LogP contribution in [0.5, 0.6) is 0 Å². The van der Waals surface area contributed by atoms with Crippen LogP contribution in [-0.2, 0) is 9.57 Å². The molecule has 0 radical (unpaired) electrons. The summed E-state index contributed by atoms with van der Waals surface area (Å²) in [6.45, 7) is 2.31. The molecule has 1 atom stereocenters. The summed E-state index contributed by atoms with van der Waals surface area (Å²) in [6, 6.07) is 0. The summed E-state index contributed by atoms with van der Waals surface area (Å²) in [6.07, 6.45) is 0.944. The third-order valence-corrected chi connectivity index (χ3v) is 1.73. The number of nitrogens with one attached hydrogen (secondary N) is 2. The Hall–Kier alpha value is -0.160. The molecule has 0 amide bonds. The number of hydrogen-bond donors (Lipinski definition) is 2. The second kappa shape index (κ2) is 1.91. The maximum atomic E-state index is 5.31. The molecule has 2 aliphatic heterocycles. The summed E-state index contributed by atoms with van der Waals surface area (Å²) in [7, 11) is 0. The summed E-state index contributed by atoms with van der Waals surface area (Å²) in [5, 5.41) is 3.16. The SMILES string of the molecule is C1C[C@]2(CN1)OCNO2. The lowest BCUT2D eigenvalue weighted by molar-refractivity contribution is -0.156. The highest BCUT2D eigenvalue weighted by Gasteiger charge is 2.39. The number of rotatable bonds is 0. The van der Waals surface area contributed by atoms with Gasteiger partial charge in [0.2, 0.25) is 5.79 Å². The van der Waals surface area contributed by atoms with E-state index in [9.17, 15) is 0 Å². The lowest BCUT2D eigenvalue weighted by Crippen LogP contribution is -2.33. The van der Waals surface area contributed by atoms with E-state index in [1.54, 1.807) is 0 Å². The summed E-state index contributed by atoms with van der Waals surface area (Å²) in [4.78, 5) is 5.17. The summed E-state index contributed by atoms with van der Waals surface area (Å²) in [5.41, 5.74) is 2.69. The second-order valence-electron chi connectivity index (χ2n) is 2.37. The Morgan fingerprint density at radius 3 is 3.00 bits per heavy atom. The van der Waals surface area contributed by atoms with Gasteiger partial charge in [-0.1, -0.05) is 0 Å². The van der Waals surface area contributed by atoms with Crippen LogP contribution in [0.4, 0.5) is 0 Å². The topological polar surface area (TPSA) is 42.5 Å². The zero-order valence-electron chi connectivity index (χ0n) is 5.14. The molecule has 52 valence electrons. The van der Waals surface area contributed by atoms with Gasteiger partial charge in [-0.25, -0.2) is 0 Å². The first-order valence-corrected chi connectivity index (χ1v) is 3.17. The van der Waals surface area contributed by atoms with Crippen LogP contribution < -0.4 is 10.8 Å². The van der Waals surface area contributed by atoms with Crippen molar-refractivity contribution in [3.05, 3.63) is 0 Å². The second-order valence-corrected chi connectivity index (χ2v) is 2.37. The lowest BCUT2D eigenvalue weighted by Gasteiger charge is -2.16. The minimum absolute atomic E-state index is 0.333. The smallest absolute Gasteiger partial charge is 0.202 e. The zero-order chi connectivity index (χ0) is 6.16. The van der Waals surface area contributed by atoms with E-state index >= 15 is 0 Å². The van der Waals surface area contributed by atoms with Gasteiger partial charge in [0.1, 0.15) is 6.73 Å². The van der Waals surface area contributed by atoms with Crippen molar-refractivity contribution in [2.75, 3.05) is 19.8 Å². The minimum atomic E-state index is -0.333. The van der Waals surface area contributed by atoms with Crippen molar-refractivity contribution < 1.29 is 9.57 Å². The predicted octanol–water partition coefficient (Wildman–Crippen LogP) is -0.815. The van der Waals surface area contributed by atoms with Crippen molar-refractivity contribution >= 4 is 0 Å². The van der Waals surface area contributed by atoms with Crippen LogP contribution in [0, 0.1) is 0 Å². The van der Waals surface area contributed by atoms with E-state index < -0.39 is 0 Å². The van der Waals surface area contributed by atoms with Crippen molar-refractivity contribution in [1.29, 1.82) is 0 Å². The highest BCUT2D eigenvalue weighted by molar-refractivity contribution is 4.81. The molecule has 4 nitrogen and oxygen atoms in total. The van der Waals surface area contributed by atoms with Crippen LogP contribution in [0.3, 0.4) is 0 Å². The highest BCUT2D eigenvalue weighted by Crippen LogP contribution is 2.22. The molecule has 2 saturated heterocycles. The van der Waals surface area contributed by atoms with E-state index in [0.717, 1.165) is 19.5 Å². The number of hydroxylamine groups is 1. The van der Waals surface area contributed by atoms with Gasteiger partial charge >= 0.3 is 0 Å². The molecule has 0 aromatic carbocycles. The fourth-order valence-electron chi connectivity index (χ4n) is 1.21. The Morgan fingerprint density at radius 2 is 2.44 bits per heavy atom. The molecule has 4 heteroatoms. The quantitative estimate of drug-likeness (QED) is 0.450. The molecule has 2 heterocycles. The van der Waals surface area contributed by atoms with Gasteiger partial charge < -0.3 is 10.1 Å². The van der Waals surface area contributed by atoms with Gasteiger partial charge in [-0.05, 0) is 0 Å². The molecule has 2 fully saturated rings. The van der Waals surface area contributed by atoms with Crippen molar-refractivity contribution in [3.8, 4) is 0 Å². The molecule has 0 aliphatic carbocycles. The number of hydrogen-bond acceptors (Lipinski definition) is 4. The maximum absolute atomic E-state index is 5.31. The molecule has 0 aromatic heterocycles. The van der Waals surface area contributed by atoms with E-state index in [1.165, 1.54) is 0 Å². The molecule has 0 unspecified atom stereocenters. The summed E-state index contributed by atoms with van der Waals surface area (Å²) >= 11 is 0. The molecule has 0 aromatic rings. The third-order valence-electron chi connectivity index (χ3n) is 1.73. The van der Waals surface area contributed by atoms with E-state index in [-0.39, 0.29) is 5.79 Å². The van der Waals surface area contributed by atoms with E-state index in [0.29, 0.717) is 6.73 Å². The van der Waals surface area contributed by atoms with Crippen molar-refractivity contribution in [2.24, 2.45) is 0 Å². The standard InChI is InChI=1S/C5H10N2O2/c1-2-6-3-5(1)8-4-7-9-5/h6-7H,1-4H2/t5-/m0/s1. The van der Waals surface area contributed by atoms with Crippen LogP contribution >= 0.6 is 0 Å². The van der Waals surface area contributed by atoms with Crippen molar-refractivity contribution in [3.63, 3.8) is 0 Å². The molecule has 1 spiro atoms. The molecule has 2 aliphatic rings. The summed E-state index contributed by atoms with van der Waals surface area (Å²) < 4.78 is 5.31. The molecule has 0 bridgehead atoms. The van der Waals surface area contributed by atoms with Gasteiger partial charge in [0.25, 0.3) is 0 Å². The molecular formula is C5H10N2O2. The monoisotopic (exact) mass is 130 g/mol. The van der Waals surface area contributed by atoms with Crippen LogP contribution in [0.2, 0.25) is 0 Å². The van der Waals surface area contributed by atoms with Crippen LogP contribution in [0.25, 0.3) is 0 Å². The Bertz CT molecular complexity index is 88.0. The van der Waals surface area contributed by atoms with Gasteiger partial charge in [0, 0.05) is 13.0 Å². The first kappa shape index (κ1) is 5.61. The fraction of sp³-hybridized carbons (Fsp3) is 1.00. The number of ether oxygens (including phenoxy) is 1. The lowest BCUT2D eigenvalue weighted by atomic mass is 10.2. The van der Waals surface area contributed by atoms with Crippen LogP contribution in [0.15, 0.2) is 0 Å². The first-order chi connectivity index (χ1) is 4.41. The van der Waals surface area contributed by atoms with Gasteiger partial charge in [-0.2, -0.15) is 5.48 Å². The minimum Gasteiger partial charge on any atom is -0.330 e. The van der Waals surface area contributed by atoms with E-state index in [1.807, 2.05) is 0 Å². The molecule has 2 N–H and O–H groups in total. The normalized spacial score (nSPS) is 42.7. The third kappa shape index (κ3) is 0.840. The van der Waals surface area contributed by atoms with Crippen molar-refractivity contribution in [1.82, 2.24) is 10.8 Å². The Balaban J connectivity index is 2.04. The van der Waals surface area contributed by atoms with Crippen LogP contribution in [0.1, 0.15) is 6.42 Å². The summed E-state index contributed by atoms with van der Waals surface area (Å²) in [5.74, 6) is -0.333. The molecular weight excluding hydrogens is 120 g/mol. The predicted molar refractivity (Wildman–Crippen MR) is 30.4 cm³/mol. The molecule has 2 rings (SSSR count). The van der Waals surface area contributed by atoms with Gasteiger partial charge in [-0.15, -0.1) is 0 Å². The Labute approximate surface area is 53.5 Å². The van der Waals surface area contributed by atoms with E-state index in [2.05, 4.69) is 10.8 Å².